The van der Waals surface area contributed by atoms with Gasteiger partial charge in [0.05, 0.1) is 12.7 Å². The number of alkyl halides is 1. The van der Waals surface area contributed by atoms with E-state index in [1.807, 2.05) is 6.92 Å². The summed E-state index contributed by atoms with van der Waals surface area (Å²) in [5, 5.41) is 8.49. The highest BCUT2D eigenvalue weighted by Crippen LogP contribution is 2.21. The molecule has 54 valence electrons. The molecule has 0 aromatic rings. The van der Waals surface area contributed by atoms with Crippen LogP contribution in [0.2, 0.25) is 0 Å². The molecule has 9 heavy (non-hydrogen) atoms. The van der Waals surface area contributed by atoms with E-state index in [0.29, 0.717) is 6.42 Å². The molecule has 2 nitrogen and oxygen atoms in total. The monoisotopic (exact) mass is 134 g/mol. The van der Waals surface area contributed by atoms with Crippen LogP contribution >= 0.6 is 0 Å². The number of aliphatic hydroxyl groups excluding tert-OH is 1. The molecule has 0 bridgehead atoms. The van der Waals surface area contributed by atoms with Crippen LogP contribution in [0, 0.1) is 0 Å². The van der Waals surface area contributed by atoms with E-state index in [9.17, 15) is 4.39 Å². The lowest BCUT2D eigenvalue weighted by Gasteiger charge is -2.07. The standard InChI is InChI=1S/C6H11FO2/c1-4-2-5(7)6(3-8)9-4/h4-6,8H,2-3H2,1H3/t4-,5-,6+/m0/s1. The smallest absolute Gasteiger partial charge is 0.131 e. The van der Waals surface area contributed by atoms with Crippen molar-refractivity contribution in [3.05, 3.63) is 0 Å². The van der Waals surface area contributed by atoms with Crippen molar-refractivity contribution in [1.29, 1.82) is 0 Å². The fourth-order valence-corrected chi connectivity index (χ4v) is 1.07. The Morgan fingerprint density at radius 2 is 2.44 bits per heavy atom. The third-order valence-electron chi connectivity index (χ3n) is 1.55. The molecule has 0 radical (unpaired) electrons. The molecule has 1 N–H and O–H groups in total. The fourth-order valence-electron chi connectivity index (χ4n) is 1.07. The van der Waals surface area contributed by atoms with Crippen molar-refractivity contribution in [2.24, 2.45) is 0 Å². The molecule has 1 rings (SSSR count). The van der Waals surface area contributed by atoms with Gasteiger partial charge in [0.15, 0.2) is 0 Å². The van der Waals surface area contributed by atoms with Crippen molar-refractivity contribution in [1.82, 2.24) is 0 Å². The molecule has 1 fully saturated rings. The minimum absolute atomic E-state index is 0.0304. The number of halogens is 1. The first-order valence-corrected chi connectivity index (χ1v) is 3.14. The molecule has 1 saturated heterocycles. The average molecular weight is 134 g/mol. The van der Waals surface area contributed by atoms with Crippen LogP contribution in [0.4, 0.5) is 4.39 Å². The molecule has 0 aromatic carbocycles. The maximum absolute atomic E-state index is 12.6. The zero-order valence-corrected chi connectivity index (χ0v) is 5.38. The second-order valence-corrected chi connectivity index (χ2v) is 2.42. The Kier molecular flexibility index (Phi) is 2.03. The zero-order chi connectivity index (χ0) is 6.85. The summed E-state index contributed by atoms with van der Waals surface area (Å²) in [6.45, 7) is 1.60. The van der Waals surface area contributed by atoms with Crippen LogP contribution in [0.1, 0.15) is 13.3 Å². The van der Waals surface area contributed by atoms with Crippen molar-refractivity contribution in [3.8, 4) is 0 Å². The highest BCUT2D eigenvalue weighted by molar-refractivity contribution is 4.79. The Hall–Kier alpha value is -0.150. The Balaban J connectivity index is 2.38. The van der Waals surface area contributed by atoms with Crippen LogP contribution in [0.15, 0.2) is 0 Å². The predicted octanol–water partition coefficient (Wildman–Crippen LogP) is 0.494. The molecular formula is C6H11FO2. The van der Waals surface area contributed by atoms with Gasteiger partial charge < -0.3 is 9.84 Å². The van der Waals surface area contributed by atoms with Crippen molar-refractivity contribution in [3.63, 3.8) is 0 Å². The lowest BCUT2D eigenvalue weighted by Crippen LogP contribution is -2.21. The summed E-state index contributed by atoms with van der Waals surface area (Å²) in [7, 11) is 0. The van der Waals surface area contributed by atoms with Gasteiger partial charge in [-0.2, -0.15) is 0 Å². The molecule has 1 aliphatic heterocycles. The van der Waals surface area contributed by atoms with E-state index in [1.165, 1.54) is 0 Å². The lowest BCUT2D eigenvalue weighted by atomic mass is 10.2. The molecule has 1 heterocycles. The Bertz CT molecular complexity index is 97.1. The van der Waals surface area contributed by atoms with E-state index < -0.39 is 12.3 Å². The highest BCUT2D eigenvalue weighted by atomic mass is 19.1. The first-order valence-electron chi connectivity index (χ1n) is 3.14. The van der Waals surface area contributed by atoms with E-state index in [1.54, 1.807) is 0 Å². The third-order valence-corrected chi connectivity index (χ3v) is 1.55. The Morgan fingerprint density at radius 3 is 2.67 bits per heavy atom. The summed E-state index contributed by atoms with van der Waals surface area (Å²) in [6.07, 6.45) is -1.15. The van der Waals surface area contributed by atoms with E-state index in [2.05, 4.69) is 0 Å². The van der Waals surface area contributed by atoms with Crippen molar-refractivity contribution < 1.29 is 14.2 Å². The SMILES string of the molecule is C[C@H]1C[C@H](F)[C@@H](CO)O1. The topological polar surface area (TPSA) is 29.5 Å². The van der Waals surface area contributed by atoms with Gasteiger partial charge in [0.25, 0.3) is 0 Å². The number of ether oxygens (including phenoxy) is 1. The van der Waals surface area contributed by atoms with Crippen molar-refractivity contribution in [2.75, 3.05) is 6.61 Å². The number of hydrogen-bond donors (Lipinski definition) is 1. The molecule has 3 heteroatoms. The molecule has 0 spiro atoms. The average Bonchev–Trinajstić information content (AvgIpc) is 2.10. The number of hydrogen-bond acceptors (Lipinski definition) is 2. The van der Waals surface area contributed by atoms with Gasteiger partial charge in [-0.15, -0.1) is 0 Å². The number of aliphatic hydroxyl groups is 1. The van der Waals surface area contributed by atoms with Crippen LogP contribution in [-0.2, 0) is 4.74 Å². The summed E-state index contributed by atoms with van der Waals surface area (Å²) in [4.78, 5) is 0. The van der Waals surface area contributed by atoms with Gasteiger partial charge in [-0.1, -0.05) is 0 Å². The lowest BCUT2D eigenvalue weighted by molar-refractivity contribution is 0.000910. The molecule has 0 saturated carbocycles. The minimum atomic E-state index is -0.968. The Morgan fingerprint density at radius 1 is 1.78 bits per heavy atom. The van der Waals surface area contributed by atoms with Gasteiger partial charge in [-0.05, 0) is 6.92 Å². The normalized spacial score (nSPS) is 43.7. The fraction of sp³-hybridized carbons (Fsp3) is 1.00. The summed E-state index contributed by atoms with van der Waals surface area (Å²) in [6, 6.07) is 0. The van der Waals surface area contributed by atoms with E-state index >= 15 is 0 Å². The molecule has 0 unspecified atom stereocenters. The third kappa shape index (κ3) is 1.40. The quantitative estimate of drug-likeness (QED) is 0.565. The molecule has 1 aliphatic rings. The molecule has 0 aliphatic carbocycles. The van der Waals surface area contributed by atoms with Crippen molar-refractivity contribution in [2.45, 2.75) is 31.7 Å². The van der Waals surface area contributed by atoms with Gasteiger partial charge in [-0.25, -0.2) is 4.39 Å². The minimum Gasteiger partial charge on any atom is -0.394 e. The Labute approximate surface area is 53.6 Å². The molecule has 0 amide bonds. The van der Waals surface area contributed by atoms with Crippen molar-refractivity contribution >= 4 is 0 Å². The number of rotatable bonds is 1. The molecular weight excluding hydrogens is 123 g/mol. The summed E-state index contributed by atoms with van der Waals surface area (Å²) in [5.41, 5.74) is 0. The second-order valence-electron chi connectivity index (χ2n) is 2.42. The van der Waals surface area contributed by atoms with Gasteiger partial charge >= 0.3 is 0 Å². The second kappa shape index (κ2) is 2.62. The van der Waals surface area contributed by atoms with Gasteiger partial charge in [0.1, 0.15) is 12.3 Å². The van der Waals surface area contributed by atoms with Gasteiger partial charge in [-0.3, -0.25) is 0 Å². The highest BCUT2D eigenvalue weighted by Gasteiger charge is 2.31. The van der Waals surface area contributed by atoms with E-state index in [0.717, 1.165) is 0 Å². The van der Waals surface area contributed by atoms with Gasteiger partial charge in [0, 0.05) is 6.42 Å². The van der Waals surface area contributed by atoms with Crippen LogP contribution < -0.4 is 0 Å². The largest absolute Gasteiger partial charge is 0.394 e. The van der Waals surface area contributed by atoms with Crippen LogP contribution in [-0.4, -0.2) is 30.1 Å². The predicted molar refractivity (Wildman–Crippen MR) is 30.9 cm³/mol. The summed E-state index contributed by atoms with van der Waals surface area (Å²) in [5.74, 6) is 0. The molecule has 3 atom stereocenters. The zero-order valence-electron chi connectivity index (χ0n) is 5.38. The molecule has 0 aromatic heterocycles. The van der Waals surface area contributed by atoms with Crippen LogP contribution in [0.25, 0.3) is 0 Å². The van der Waals surface area contributed by atoms with E-state index in [4.69, 9.17) is 9.84 Å². The van der Waals surface area contributed by atoms with E-state index in [-0.39, 0.29) is 12.7 Å². The first kappa shape index (κ1) is 6.96. The van der Waals surface area contributed by atoms with Crippen LogP contribution in [0.3, 0.4) is 0 Å². The van der Waals surface area contributed by atoms with Gasteiger partial charge in [0.2, 0.25) is 0 Å². The van der Waals surface area contributed by atoms with Crippen LogP contribution in [0.5, 0.6) is 0 Å². The first-order chi connectivity index (χ1) is 4.24. The maximum Gasteiger partial charge on any atom is 0.131 e. The summed E-state index contributed by atoms with van der Waals surface area (Å²) >= 11 is 0. The maximum atomic E-state index is 12.6. The summed E-state index contributed by atoms with van der Waals surface area (Å²) < 4.78 is 17.6.